The molecule has 3 atom stereocenters. The van der Waals surface area contributed by atoms with Gasteiger partial charge in [-0.25, -0.2) is 0 Å². The van der Waals surface area contributed by atoms with E-state index in [1.54, 1.807) is 77.4 Å². The molecule has 9 nitrogen and oxygen atoms in total. The zero-order valence-electron chi connectivity index (χ0n) is 23.6. The number of fused-ring (bicyclic) bond motifs is 1. The Balaban J connectivity index is 1.27. The summed E-state index contributed by atoms with van der Waals surface area (Å²) in [7, 11) is 0. The quantitative estimate of drug-likeness (QED) is 0.229. The number of anilines is 3. The van der Waals surface area contributed by atoms with Gasteiger partial charge in [0.1, 0.15) is 0 Å². The third-order valence-electron chi connectivity index (χ3n) is 8.19. The Bertz CT molecular complexity index is 1490. The molecule has 0 radical (unpaired) electrons. The molecule has 0 unspecified atom stereocenters. The second-order valence-electron chi connectivity index (χ2n) is 10.9. The molecule has 218 valence electrons. The van der Waals surface area contributed by atoms with Crippen molar-refractivity contribution in [1.82, 2.24) is 4.90 Å². The molecule has 0 spiro atoms. The summed E-state index contributed by atoms with van der Waals surface area (Å²) in [4.78, 5) is 42.3. The standard InChI is InChI=1S/C33H36N4O5/c1-22(6-4-10-30(39)36-19-5-7-27(36)21-38)33(42)28-8-2-3-9-29(28)37(32(33)41)20-23-11-17-26(18-12-23)35-31(40)24-13-15-25(34)16-14-24/h2-4,6,8-9,11-18,22,27,38,42H,5,7,10,19-21,34H2,1H3,(H,35,40)/b6-4+/t22-,27+,33+/m1/s1. The monoisotopic (exact) mass is 568 g/mol. The molecule has 5 N–H and O–H groups in total. The molecule has 2 aliphatic heterocycles. The molecule has 0 saturated carbocycles. The third-order valence-corrected chi connectivity index (χ3v) is 8.19. The number of carbonyl (C=O) groups excluding carboxylic acids is 3. The molecule has 2 heterocycles. The molecule has 0 aliphatic carbocycles. The molecule has 2 aliphatic rings. The summed E-state index contributed by atoms with van der Waals surface area (Å²) < 4.78 is 0. The van der Waals surface area contributed by atoms with Gasteiger partial charge in [-0.3, -0.25) is 14.4 Å². The first kappa shape index (κ1) is 29.0. The first-order valence-corrected chi connectivity index (χ1v) is 14.2. The van der Waals surface area contributed by atoms with Crippen LogP contribution in [0.2, 0.25) is 0 Å². The highest BCUT2D eigenvalue weighted by Gasteiger charge is 2.52. The highest BCUT2D eigenvalue weighted by molar-refractivity contribution is 6.07. The number of amides is 3. The largest absolute Gasteiger partial charge is 0.399 e. The van der Waals surface area contributed by atoms with Gasteiger partial charge in [0, 0.05) is 41.4 Å². The van der Waals surface area contributed by atoms with Crippen LogP contribution in [0.5, 0.6) is 0 Å². The number of nitrogens with zero attached hydrogens (tertiary/aromatic N) is 2. The lowest BCUT2D eigenvalue weighted by Gasteiger charge is -2.28. The molecule has 3 aromatic carbocycles. The molecule has 0 bridgehead atoms. The summed E-state index contributed by atoms with van der Waals surface area (Å²) in [6, 6.07) is 20.9. The van der Waals surface area contributed by atoms with Gasteiger partial charge in [-0.2, -0.15) is 0 Å². The number of benzene rings is 3. The Morgan fingerprint density at radius 1 is 1.10 bits per heavy atom. The van der Waals surface area contributed by atoms with E-state index in [4.69, 9.17) is 5.73 Å². The van der Waals surface area contributed by atoms with Crippen LogP contribution >= 0.6 is 0 Å². The summed E-state index contributed by atoms with van der Waals surface area (Å²) in [5.41, 5.74) is 7.56. The Morgan fingerprint density at radius 2 is 1.81 bits per heavy atom. The van der Waals surface area contributed by atoms with E-state index in [2.05, 4.69) is 5.32 Å². The number of carbonyl (C=O) groups is 3. The van der Waals surface area contributed by atoms with E-state index in [-0.39, 0.29) is 37.4 Å². The number of hydrogen-bond donors (Lipinski definition) is 4. The lowest BCUT2D eigenvalue weighted by atomic mass is 9.83. The Hall–Kier alpha value is -4.47. The lowest BCUT2D eigenvalue weighted by Crippen LogP contribution is -2.44. The van der Waals surface area contributed by atoms with Crippen molar-refractivity contribution in [2.24, 2.45) is 5.92 Å². The molecule has 3 amide bonds. The minimum Gasteiger partial charge on any atom is -0.399 e. The van der Waals surface area contributed by atoms with Crippen LogP contribution in [0.25, 0.3) is 0 Å². The molecule has 5 rings (SSSR count). The van der Waals surface area contributed by atoms with Gasteiger partial charge < -0.3 is 31.1 Å². The molecule has 1 saturated heterocycles. The van der Waals surface area contributed by atoms with Gasteiger partial charge in [-0.1, -0.05) is 49.4 Å². The van der Waals surface area contributed by atoms with E-state index in [0.717, 1.165) is 18.4 Å². The Kier molecular flexibility index (Phi) is 8.42. The second-order valence-corrected chi connectivity index (χ2v) is 10.9. The smallest absolute Gasteiger partial charge is 0.264 e. The number of likely N-dealkylation sites (tertiary alicyclic amines) is 1. The van der Waals surface area contributed by atoms with Gasteiger partial charge in [0.2, 0.25) is 5.91 Å². The minimum atomic E-state index is -1.79. The van der Waals surface area contributed by atoms with Crippen molar-refractivity contribution >= 4 is 34.8 Å². The second kappa shape index (κ2) is 12.2. The first-order chi connectivity index (χ1) is 20.2. The Labute approximate surface area is 245 Å². The van der Waals surface area contributed by atoms with Crippen LogP contribution in [0, 0.1) is 5.92 Å². The summed E-state index contributed by atoms with van der Waals surface area (Å²) >= 11 is 0. The van der Waals surface area contributed by atoms with Crippen molar-refractivity contribution in [3.63, 3.8) is 0 Å². The van der Waals surface area contributed by atoms with E-state index in [0.29, 0.717) is 34.7 Å². The van der Waals surface area contributed by atoms with Crippen LogP contribution in [0.4, 0.5) is 17.1 Å². The molecule has 0 aromatic heterocycles. The van der Waals surface area contributed by atoms with Crippen molar-refractivity contribution < 1.29 is 24.6 Å². The van der Waals surface area contributed by atoms with E-state index in [1.165, 1.54) is 0 Å². The number of rotatable bonds is 9. The fraction of sp³-hybridized carbons (Fsp3) is 0.303. The number of hydrogen-bond acceptors (Lipinski definition) is 6. The highest BCUT2D eigenvalue weighted by Crippen LogP contribution is 2.45. The SMILES string of the molecule is C[C@H](/C=C/CC(=O)N1CCC[C@H]1CO)[C@@]1(O)C(=O)N(Cc2ccc(NC(=O)c3ccc(N)cc3)cc2)c2ccccc21. The fourth-order valence-corrected chi connectivity index (χ4v) is 5.76. The minimum absolute atomic E-state index is 0.0479. The van der Waals surface area contributed by atoms with Crippen LogP contribution in [0.1, 0.15) is 47.7 Å². The number of aliphatic hydroxyl groups is 2. The van der Waals surface area contributed by atoms with Crippen LogP contribution in [-0.4, -0.2) is 52.0 Å². The predicted octanol–water partition coefficient (Wildman–Crippen LogP) is 3.82. The molecular formula is C33H36N4O5. The van der Waals surface area contributed by atoms with Crippen molar-refractivity contribution in [1.29, 1.82) is 0 Å². The maximum atomic E-state index is 13.8. The van der Waals surface area contributed by atoms with Crippen LogP contribution in [-0.2, 0) is 21.7 Å². The van der Waals surface area contributed by atoms with Gasteiger partial charge >= 0.3 is 0 Å². The molecule has 42 heavy (non-hydrogen) atoms. The van der Waals surface area contributed by atoms with Crippen molar-refractivity contribution in [3.8, 4) is 0 Å². The van der Waals surface area contributed by atoms with E-state index < -0.39 is 17.4 Å². The lowest BCUT2D eigenvalue weighted by molar-refractivity contribution is -0.139. The van der Waals surface area contributed by atoms with Crippen LogP contribution in [0.3, 0.4) is 0 Å². The molecule has 1 fully saturated rings. The first-order valence-electron chi connectivity index (χ1n) is 14.2. The van der Waals surface area contributed by atoms with Crippen LogP contribution in [0.15, 0.2) is 84.9 Å². The van der Waals surface area contributed by atoms with E-state index in [9.17, 15) is 24.6 Å². The number of aliphatic hydroxyl groups excluding tert-OH is 1. The van der Waals surface area contributed by atoms with Gasteiger partial charge in [-0.05, 0) is 60.9 Å². The zero-order chi connectivity index (χ0) is 29.9. The van der Waals surface area contributed by atoms with Gasteiger partial charge in [0.15, 0.2) is 5.60 Å². The van der Waals surface area contributed by atoms with Crippen molar-refractivity contribution in [2.45, 2.75) is 44.4 Å². The summed E-state index contributed by atoms with van der Waals surface area (Å²) in [6.07, 6.45) is 5.23. The Morgan fingerprint density at radius 3 is 2.52 bits per heavy atom. The van der Waals surface area contributed by atoms with E-state index >= 15 is 0 Å². The fourth-order valence-electron chi connectivity index (χ4n) is 5.76. The van der Waals surface area contributed by atoms with Crippen LogP contribution < -0.4 is 16.0 Å². The zero-order valence-corrected chi connectivity index (χ0v) is 23.6. The average Bonchev–Trinajstić information content (AvgIpc) is 3.56. The maximum Gasteiger partial charge on any atom is 0.264 e. The number of nitrogens with two attached hydrogens (primary N) is 1. The molecule has 3 aromatic rings. The summed E-state index contributed by atoms with van der Waals surface area (Å²) in [5, 5.41) is 24.2. The molecule has 9 heteroatoms. The molecular weight excluding hydrogens is 532 g/mol. The third kappa shape index (κ3) is 5.66. The summed E-state index contributed by atoms with van der Waals surface area (Å²) in [6.45, 7) is 2.59. The average molecular weight is 569 g/mol. The topological polar surface area (TPSA) is 136 Å². The number of nitrogens with one attached hydrogen (secondary N) is 1. The normalized spacial score (nSPS) is 20.6. The van der Waals surface area contributed by atoms with Gasteiger partial charge in [-0.15, -0.1) is 0 Å². The van der Waals surface area contributed by atoms with Crippen molar-refractivity contribution in [3.05, 3.63) is 102 Å². The maximum absolute atomic E-state index is 13.8. The van der Waals surface area contributed by atoms with Gasteiger partial charge in [0.05, 0.1) is 24.9 Å². The number of para-hydroxylation sites is 1. The van der Waals surface area contributed by atoms with Gasteiger partial charge in [0.25, 0.3) is 11.8 Å². The van der Waals surface area contributed by atoms with E-state index in [1.807, 2.05) is 24.3 Å². The summed E-state index contributed by atoms with van der Waals surface area (Å²) in [5.74, 6) is -1.36. The van der Waals surface area contributed by atoms with Crippen molar-refractivity contribution in [2.75, 3.05) is 29.1 Å². The number of nitrogen functional groups attached to an aromatic ring is 1. The predicted molar refractivity (Wildman–Crippen MR) is 162 cm³/mol. The highest BCUT2D eigenvalue weighted by atomic mass is 16.3.